The molecule has 3 rings (SSSR count). The van der Waals surface area contributed by atoms with Crippen molar-refractivity contribution in [1.29, 1.82) is 0 Å². The molecule has 0 radical (unpaired) electrons. The Bertz CT molecular complexity index is 741. The van der Waals surface area contributed by atoms with E-state index in [0.29, 0.717) is 19.0 Å². The van der Waals surface area contributed by atoms with E-state index in [1.165, 1.54) is 0 Å². The fourth-order valence-electron chi connectivity index (χ4n) is 1.77. The van der Waals surface area contributed by atoms with E-state index in [1.807, 2.05) is 6.07 Å². The van der Waals surface area contributed by atoms with E-state index in [1.54, 1.807) is 12.1 Å². The van der Waals surface area contributed by atoms with Crippen LogP contribution in [0, 0.1) is 0 Å². The number of carbonyl (C=O) groups is 2. The maximum Gasteiger partial charge on any atom is 0.321 e. The maximum atomic E-state index is 10.6. The van der Waals surface area contributed by atoms with Gasteiger partial charge in [-0.1, -0.05) is 16.8 Å². The molecule has 3 atom stereocenters. The Morgan fingerprint density at radius 2 is 1.95 bits per heavy atom. The van der Waals surface area contributed by atoms with Crippen molar-refractivity contribution >= 4 is 61.6 Å². The molecular weight excluding hydrogens is 364 g/mol. The molecule has 10 heteroatoms. The third-order valence-corrected chi connectivity index (χ3v) is 6.22. The molecule has 0 bridgehead atoms. The van der Waals surface area contributed by atoms with E-state index in [2.05, 4.69) is 26.6 Å². The van der Waals surface area contributed by atoms with E-state index < -0.39 is 0 Å². The van der Waals surface area contributed by atoms with Gasteiger partial charge in [0.15, 0.2) is 0 Å². The van der Waals surface area contributed by atoms with Crippen molar-refractivity contribution in [2.24, 2.45) is 0 Å². The normalized spacial score (nSPS) is 18.0. The summed E-state index contributed by atoms with van der Waals surface area (Å²) in [6.07, 6.45) is 0.265. The van der Waals surface area contributed by atoms with Gasteiger partial charge in [0.2, 0.25) is 0 Å². The molecule has 2 aromatic rings. The molecule has 0 spiro atoms. The predicted octanol–water partition coefficient (Wildman–Crippen LogP) is 2.77. The SMILES string of the molecule is O=C1CC(PP)C(=O)O1.Oc1oc(O)c2cc(P=P)ccc12. The lowest BCUT2D eigenvalue weighted by atomic mass is 10.2. The maximum absolute atomic E-state index is 10.6. The molecule has 2 heterocycles. The quantitative estimate of drug-likeness (QED) is 0.475. The number of esters is 2. The van der Waals surface area contributed by atoms with Crippen LogP contribution < -0.4 is 5.30 Å². The summed E-state index contributed by atoms with van der Waals surface area (Å²) in [5.74, 6) is -1.25. The van der Waals surface area contributed by atoms with Crippen molar-refractivity contribution < 1.29 is 29.0 Å². The van der Waals surface area contributed by atoms with E-state index in [9.17, 15) is 19.8 Å². The van der Waals surface area contributed by atoms with Crippen LogP contribution in [0.25, 0.3) is 10.8 Å². The molecule has 1 saturated heterocycles. The van der Waals surface area contributed by atoms with Crippen LogP contribution in [-0.4, -0.2) is 27.8 Å². The zero-order valence-corrected chi connectivity index (χ0v) is 15.1. The highest BCUT2D eigenvalue weighted by atomic mass is 32.0. The van der Waals surface area contributed by atoms with E-state index in [0.717, 1.165) is 13.2 Å². The van der Waals surface area contributed by atoms with E-state index in [-0.39, 0.29) is 35.9 Å². The topological polar surface area (TPSA) is 97.0 Å². The number of hydrogen-bond acceptors (Lipinski definition) is 6. The van der Waals surface area contributed by atoms with Gasteiger partial charge in [0, 0.05) is 5.30 Å². The summed E-state index contributed by atoms with van der Waals surface area (Å²) >= 11 is 0. The summed E-state index contributed by atoms with van der Waals surface area (Å²) in [5.41, 5.74) is -0.178. The third-order valence-electron chi connectivity index (χ3n) is 2.86. The monoisotopic (exact) mass is 376 g/mol. The fourth-order valence-corrected chi connectivity index (χ4v) is 3.77. The second-order valence-corrected chi connectivity index (χ2v) is 7.71. The first-order valence-corrected chi connectivity index (χ1v) is 11.1. The van der Waals surface area contributed by atoms with Crippen LogP contribution in [0.5, 0.6) is 11.9 Å². The minimum absolute atomic E-state index is 0.178. The Morgan fingerprint density at radius 1 is 1.27 bits per heavy atom. The van der Waals surface area contributed by atoms with Crippen LogP contribution in [0.15, 0.2) is 22.6 Å². The predicted molar refractivity (Wildman–Crippen MR) is 91.9 cm³/mol. The number of hydrogen-bond donors (Lipinski definition) is 2. The second kappa shape index (κ2) is 7.49. The zero-order valence-electron chi connectivity index (χ0n) is 11.1. The minimum atomic E-state index is -0.389. The molecule has 6 nitrogen and oxygen atoms in total. The Balaban J connectivity index is 0.000000172. The molecule has 0 saturated carbocycles. The van der Waals surface area contributed by atoms with Gasteiger partial charge in [0.1, 0.15) is 0 Å². The molecule has 1 aromatic carbocycles. The first kappa shape index (κ1) is 17.3. The van der Waals surface area contributed by atoms with Crippen molar-refractivity contribution in [3.63, 3.8) is 0 Å². The van der Waals surface area contributed by atoms with Crippen molar-refractivity contribution in [2.45, 2.75) is 12.1 Å². The van der Waals surface area contributed by atoms with Gasteiger partial charge in [-0.15, -0.1) is 8.93 Å². The molecule has 0 aliphatic carbocycles. The average molecular weight is 376 g/mol. The summed E-state index contributed by atoms with van der Waals surface area (Å²) in [4.78, 5) is 20.9. The van der Waals surface area contributed by atoms with Crippen molar-refractivity contribution in [2.75, 3.05) is 0 Å². The molecule has 22 heavy (non-hydrogen) atoms. The molecule has 2 N–H and O–H groups in total. The molecule has 3 unspecified atom stereocenters. The smallest absolute Gasteiger partial charge is 0.321 e. The zero-order chi connectivity index (χ0) is 16.3. The van der Waals surface area contributed by atoms with Crippen LogP contribution in [-0.2, 0) is 14.3 Å². The van der Waals surface area contributed by atoms with Crippen LogP contribution in [0.2, 0.25) is 0 Å². The van der Waals surface area contributed by atoms with Crippen molar-refractivity contribution in [3.05, 3.63) is 18.2 Å². The lowest BCUT2D eigenvalue weighted by Crippen LogP contribution is -2.05. The first-order chi connectivity index (χ1) is 10.5. The molecular formula is C12H12O6P4. The van der Waals surface area contributed by atoms with Gasteiger partial charge < -0.3 is 19.4 Å². The fraction of sp³-hybridized carbons (Fsp3) is 0.167. The Morgan fingerprint density at radius 3 is 2.45 bits per heavy atom. The van der Waals surface area contributed by atoms with Gasteiger partial charge >= 0.3 is 11.9 Å². The minimum Gasteiger partial charge on any atom is -0.480 e. The number of carbonyl (C=O) groups excluding carboxylic acids is 2. The summed E-state index contributed by atoms with van der Waals surface area (Å²) in [6, 6.07) is 5.30. The molecule has 1 aliphatic rings. The van der Waals surface area contributed by atoms with Gasteiger partial charge in [-0.2, -0.15) is 0 Å². The number of aromatic hydroxyl groups is 2. The van der Waals surface area contributed by atoms with E-state index in [4.69, 9.17) is 0 Å². The number of rotatable bonds is 2. The third kappa shape index (κ3) is 3.83. The molecule has 1 aromatic heterocycles. The largest absolute Gasteiger partial charge is 0.480 e. The molecule has 116 valence electrons. The Labute approximate surface area is 133 Å². The number of furan rings is 1. The Kier molecular flexibility index (Phi) is 5.89. The van der Waals surface area contributed by atoms with Gasteiger partial charge in [0.25, 0.3) is 11.9 Å². The van der Waals surface area contributed by atoms with Gasteiger partial charge in [-0.3, -0.25) is 9.59 Å². The van der Waals surface area contributed by atoms with Gasteiger partial charge in [-0.05, 0) is 26.1 Å². The highest BCUT2D eigenvalue weighted by molar-refractivity contribution is 8.03. The highest BCUT2D eigenvalue weighted by Gasteiger charge is 2.31. The first-order valence-electron chi connectivity index (χ1n) is 5.99. The van der Waals surface area contributed by atoms with Crippen molar-refractivity contribution in [1.82, 2.24) is 0 Å². The highest BCUT2D eigenvalue weighted by Crippen LogP contribution is 2.35. The lowest BCUT2D eigenvalue weighted by Gasteiger charge is -1.94. The molecule has 1 aliphatic heterocycles. The summed E-state index contributed by atoms with van der Waals surface area (Å²) in [7, 11) is 7.08. The number of fused-ring (bicyclic) bond motifs is 1. The van der Waals surface area contributed by atoms with Crippen LogP contribution in [0.4, 0.5) is 0 Å². The van der Waals surface area contributed by atoms with Gasteiger partial charge in [0.05, 0.1) is 22.9 Å². The van der Waals surface area contributed by atoms with Crippen molar-refractivity contribution in [3.8, 4) is 11.9 Å². The van der Waals surface area contributed by atoms with Crippen LogP contribution >= 0.6 is 33.6 Å². The Hall–Kier alpha value is -1.04. The van der Waals surface area contributed by atoms with E-state index >= 15 is 0 Å². The number of ether oxygens (including phenoxy) is 1. The number of cyclic esters (lactones) is 2. The summed E-state index contributed by atoms with van der Waals surface area (Å²) in [5, 5.41) is 20.5. The molecule has 1 fully saturated rings. The van der Waals surface area contributed by atoms with Gasteiger partial charge in [-0.25, -0.2) is 0 Å². The summed E-state index contributed by atoms with van der Waals surface area (Å²) in [6.45, 7) is 0. The lowest BCUT2D eigenvalue weighted by molar-refractivity contribution is -0.151. The van der Waals surface area contributed by atoms with Crippen LogP contribution in [0.1, 0.15) is 6.42 Å². The summed E-state index contributed by atoms with van der Waals surface area (Å²) < 4.78 is 8.94. The standard InChI is InChI=1S/C8H6O3P2.C4H6O3P2/c9-7-5-2-1-4(13-12)3-6(5)8(10)11-7;5-3-1-2(9-8)4(6)7-3/h1-3,9-10,12H;2,9H,1,8H2. The molecule has 0 amide bonds. The van der Waals surface area contributed by atoms with Crippen LogP contribution in [0.3, 0.4) is 0 Å². The average Bonchev–Trinajstić information content (AvgIpc) is 2.98. The number of benzene rings is 1. The second-order valence-electron chi connectivity index (χ2n) is 4.27.